The maximum Gasteiger partial charge on any atom is 0.206 e. The van der Waals surface area contributed by atoms with Gasteiger partial charge in [0.2, 0.25) is 5.78 Å². The van der Waals surface area contributed by atoms with Crippen LogP contribution in [-0.4, -0.2) is 30.6 Å². The molecule has 144 valence electrons. The Morgan fingerprint density at radius 2 is 1.93 bits per heavy atom. The number of aromatic nitrogens is 1. The van der Waals surface area contributed by atoms with Crippen LogP contribution >= 0.6 is 11.3 Å². The number of carbonyl (C=O) groups excluding carboxylic acids is 1. The molecular formula is C20H19N3O4S. The summed E-state index contributed by atoms with van der Waals surface area (Å²) >= 11 is 1.21. The van der Waals surface area contributed by atoms with Crippen molar-refractivity contribution in [3.63, 3.8) is 0 Å². The Hall–Kier alpha value is -3.26. The predicted molar refractivity (Wildman–Crippen MR) is 108 cm³/mol. The number of nitrogens with one attached hydrogen (secondary N) is 1. The Balaban J connectivity index is 1.52. The number of carbonyl (C=O) groups is 1. The number of hydrogen-bond donors (Lipinski definition) is 2. The average molecular weight is 397 g/mol. The summed E-state index contributed by atoms with van der Waals surface area (Å²) in [5.74, 6) is 2.13. The van der Waals surface area contributed by atoms with E-state index in [9.17, 15) is 4.79 Å². The van der Waals surface area contributed by atoms with Crippen molar-refractivity contribution >= 4 is 33.8 Å². The minimum atomic E-state index is -0.173. The number of fused-ring (bicyclic) bond motifs is 1. The highest BCUT2D eigenvalue weighted by atomic mass is 32.1. The standard InChI is InChI=1S/C20H19N3O4S/c1-2-25-14-6-3-12(4-7-14)17(24)18-19(21)23-20(28-18)22-13-5-8-15-16(11-13)27-10-9-26-15/h3-8,11H,2,9-10,21H2,1H3,(H,22,23). The number of anilines is 3. The molecule has 3 aromatic rings. The SMILES string of the molecule is CCOc1ccc(C(=O)c2sc(Nc3ccc4c(c3)OCCO4)nc2N)cc1. The molecule has 0 unspecified atom stereocenters. The van der Waals surface area contributed by atoms with Crippen molar-refractivity contribution in [1.29, 1.82) is 0 Å². The molecule has 4 rings (SSSR count). The van der Waals surface area contributed by atoms with E-state index in [1.165, 1.54) is 11.3 Å². The molecule has 0 saturated carbocycles. The number of ether oxygens (including phenoxy) is 3. The molecule has 2 heterocycles. The third-order valence-electron chi connectivity index (χ3n) is 4.08. The molecule has 1 aliphatic rings. The molecule has 28 heavy (non-hydrogen) atoms. The molecule has 8 heteroatoms. The van der Waals surface area contributed by atoms with Crippen molar-refractivity contribution in [2.24, 2.45) is 0 Å². The second-order valence-electron chi connectivity index (χ2n) is 6.00. The van der Waals surface area contributed by atoms with Gasteiger partial charge in [-0.3, -0.25) is 4.79 Å². The zero-order chi connectivity index (χ0) is 19.5. The van der Waals surface area contributed by atoms with Crippen LogP contribution < -0.4 is 25.3 Å². The van der Waals surface area contributed by atoms with Gasteiger partial charge in [-0.2, -0.15) is 0 Å². The van der Waals surface area contributed by atoms with Gasteiger partial charge in [-0.05, 0) is 43.3 Å². The van der Waals surface area contributed by atoms with Gasteiger partial charge in [0.25, 0.3) is 0 Å². The highest BCUT2D eigenvalue weighted by molar-refractivity contribution is 7.18. The summed E-state index contributed by atoms with van der Waals surface area (Å²) in [6, 6.07) is 12.5. The molecule has 0 atom stereocenters. The fourth-order valence-electron chi connectivity index (χ4n) is 2.79. The highest BCUT2D eigenvalue weighted by Gasteiger charge is 2.19. The molecular weight excluding hydrogens is 378 g/mol. The molecule has 0 saturated heterocycles. The highest BCUT2D eigenvalue weighted by Crippen LogP contribution is 2.35. The van der Waals surface area contributed by atoms with E-state index >= 15 is 0 Å². The van der Waals surface area contributed by atoms with Crippen molar-refractivity contribution < 1.29 is 19.0 Å². The van der Waals surface area contributed by atoms with Crippen LogP contribution in [0, 0.1) is 0 Å². The lowest BCUT2D eigenvalue weighted by molar-refractivity contribution is 0.104. The molecule has 0 aliphatic carbocycles. The Bertz CT molecular complexity index is 1000. The van der Waals surface area contributed by atoms with E-state index in [2.05, 4.69) is 10.3 Å². The zero-order valence-electron chi connectivity index (χ0n) is 15.2. The molecule has 0 fully saturated rings. The van der Waals surface area contributed by atoms with E-state index in [0.29, 0.717) is 46.9 Å². The Kier molecular flexibility index (Phi) is 5.03. The lowest BCUT2D eigenvalue weighted by atomic mass is 10.1. The summed E-state index contributed by atoms with van der Waals surface area (Å²) in [5.41, 5.74) is 7.30. The van der Waals surface area contributed by atoms with Gasteiger partial charge in [0.15, 0.2) is 16.6 Å². The monoisotopic (exact) mass is 397 g/mol. The van der Waals surface area contributed by atoms with Crippen molar-refractivity contribution in [2.45, 2.75) is 6.92 Å². The number of rotatable bonds is 6. The Labute approximate surface area is 166 Å². The number of thiazole rings is 1. The minimum absolute atomic E-state index is 0.173. The molecule has 2 aromatic carbocycles. The third kappa shape index (κ3) is 3.72. The first-order chi connectivity index (χ1) is 13.6. The molecule has 1 aliphatic heterocycles. The maximum absolute atomic E-state index is 12.8. The van der Waals surface area contributed by atoms with Gasteiger partial charge in [0.1, 0.15) is 29.7 Å². The lowest BCUT2D eigenvalue weighted by Gasteiger charge is -2.18. The largest absolute Gasteiger partial charge is 0.494 e. The fourth-order valence-corrected chi connectivity index (χ4v) is 3.66. The molecule has 0 spiro atoms. The molecule has 0 amide bonds. The van der Waals surface area contributed by atoms with E-state index in [0.717, 1.165) is 11.4 Å². The van der Waals surface area contributed by atoms with Crippen molar-refractivity contribution in [1.82, 2.24) is 4.98 Å². The van der Waals surface area contributed by atoms with Crippen molar-refractivity contribution in [3.8, 4) is 17.2 Å². The number of hydrogen-bond acceptors (Lipinski definition) is 8. The summed E-state index contributed by atoms with van der Waals surface area (Å²) < 4.78 is 16.5. The van der Waals surface area contributed by atoms with E-state index in [1.54, 1.807) is 24.3 Å². The predicted octanol–water partition coefficient (Wildman–Crippen LogP) is 3.87. The fraction of sp³-hybridized carbons (Fsp3) is 0.200. The van der Waals surface area contributed by atoms with E-state index < -0.39 is 0 Å². The van der Waals surface area contributed by atoms with Crippen LogP contribution in [0.1, 0.15) is 22.2 Å². The van der Waals surface area contributed by atoms with Gasteiger partial charge < -0.3 is 25.3 Å². The average Bonchev–Trinajstić information content (AvgIpc) is 3.08. The van der Waals surface area contributed by atoms with Crippen LogP contribution in [0.3, 0.4) is 0 Å². The van der Waals surface area contributed by atoms with Crippen LogP contribution in [0.15, 0.2) is 42.5 Å². The summed E-state index contributed by atoms with van der Waals surface area (Å²) in [4.78, 5) is 17.5. The smallest absolute Gasteiger partial charge is 0.206 e. The van der Waals surface area contributed by atoms with Crippen LogP contribution in [0.25, 0.3) is 0 Å². The normalized spacial score (nSPS) is 12.5. The number of ketones is 1. The lowest BCUT2D eigenvalue weighted by Crippen LogP contribution is -2.15. The van der Waals surface area contributed by atoms with Crippen molar-refractivity contribution in [3.05, 3.63) is 52.9 Å². The molecule has 0 radical (unpaired) electrons. The summed E-state index contributed by atoms with van der Waals surface area (Å²) in [5, 5.41) is 3.70. The summed E-state index contributed by atoms with van der Waals surface area (Å²) in [6.45, 7) is 3.54. The quantitative estimate of drug-likeness (QED) is 0.610. The number of nitrogens with two attached hydrogens (primary N) is 1. The number of nitrogen functional groups attached to an aromatic ring is 1. The van der Waals surface area contributed by atoms with Gasteiger partial charge in [0, 0.05) is 17.3 Å². The van der Waals surface area contributed by atoms with Gasteiger partial charge in [-0.15, -0.1) is 0 Å². The van der Waals surface area contributed by atoms with Crippen LogP contribution in [-0.2, 0) is 0 Å². The van der Waals surface area contributed by atoms with Crippen LogP contribution in [0.2, 0.25) is 0 Å². The van der Waals surface area contributed by atoms with E-state index in [4.69, 9.17) is 19.9 Å². The Morgan fingerprint density at radius 3 is 2.68 bits per heavy atom. The first kappa shape index (κ1) is 18.1. The third-order valence-corrected chi connectivity index (χ3v) is 5.07. The summed E-state index contributed by atoms with van der Waals surface area (Å²) in [6.07, 6.45) is 0. The maximum atomic E-state index is 12.8. The molecule has 3 N–H and O–H groups in total. The molecule has 1 aromatic heterocycles. The second kappa shape index (κ2) is 7.77. The molecule has 0 bridgehead atoms. The topological polar surface area (TPSA) is 95.7 Å². The first-order valence-electron chi connectivity index (χ1n) is 8.84. The van der Waals surface area contributed by atoms with Gasteiger partial charge >= 0.3 is 0 Å². The minimum Gasteiger partial charge on any atom is -0.494 e. The molecule has 7 nitrogen and oxygen atoms in total. The number of nitrogens with zero attached hydrogens (tertiary/aromatic N) is 1. The van der Waals surface area contributed by atoms with Crippen molar-refractivity contribution in [2.75, 3.05) is 30.9 Å². The first-order valence-corrected chi connectivity index (χ1v) is 9.66. The number of benzene rings is 2. The second-order valence-corrected chi connectivity index (χ2v) is 7.00. The van der Waals surface area contributed by atoms with Gasteiger partial charge in [-0.25, -0.2) is 4.98 Å². The summed E-state index contributed by atoms with van der Waals surface area (Å²) in [7, 11) is 0. The van der Waals surface area contributed by atoms with Crippen LogP contribution in [0.5, 0.6) is 17.2 Å². The van der Waals surface area contributed by atoms with Gasteiger partial charge in [0.05, 0.1) is 6.61 Å². The van der Waals surface area contributed by atoms with E-state index in [-0.39, 0.29) is 11.6 Å². The van der Waals surface area contributed by atoms with Gasteiger partial charge in [-0.1, -0.05) is 11.3 Å². The van der Waals surface area contributed by atoms with E-state index in [1.807, 2.05) is 25.1 Å². The van der Waals surface area contributed by atoms with Crippen LogP contribution in [0.4, 0.5) is 16.6 Å². The Morgan fingerprint density at radius 1 is 1.18 bits per heavy atom. The zero-order valence-corrected chi connectivity index (χ0v) is 16.0.